The van der Waals surface area contributed by atoms with E-state index in [1.807, 2.05) is 37.3 Å². The number of amides is 2. The van der Waals surface area contributed by atoms with E-state index in [9.17, 15) is 4.79 Å². The van der Waals surface area contributed by atoms with Crippen LogP contribution in [0, 0.1) is 6.92 Å². The zero-order valence-corrected chi connectivity index (χ0v) is 14.0. The van der Waals surface area contributed by atoms with Gasteiger partial charge in [0.2, 0.25) is 5.95 Å². The van der Waals surface area contributed by atoms with E-state index < -0.39 is 0 Å². The molecular formula is C18H23N5O. The standard InChI is InChI=1S/C18H23N5O/c1-14-5-7-15(8-6-14)22-18(24)20-13-16-9-10-19-17(21-16)23-11-3-2-4-12-23/h5-10H,2-4,11-13H2,1H3,(H2,20,22,24). The van der Waals surface area contributed by atoms with Gasteiger partial charge in [0.1, 0.15) is 0 Å². The second-order valence-corrected chi connectivity index (χ2v) is 6.07. The first-order valence-electron chi connectivity index (χ1n) is 8.39. The van der Waals surface area contributed by atoms with E-state index in [1.54, 1.807) is 6.20 Å². The second kappa shape index (κ2) is 7.77. The van der Waals surface area contributed by atoms with Crippen molar-refractivity contribution < 1.29 is 4.79 Å². The number of carbonyl (C=O) groups is 1. The Morgan fingerprint density at radius 2 is 1.88 bits per heavy atom. The van der Waals surface area contributed by atoms with Crippen LogP contribution in [-0.4, -0.2) is 29.1 Å². The molecule has 2 heterocycles. The Morgan fingerprint density at radius 3 is 2.62 bits per heavy atom. The molecule has 6 nitrogen and oxygen atoms in total. The molecule has 0 unspecified atom stereocenters. The molecule has 1 aliphatic heterocycles. The van der Waals surface area contributed by atoms with Gasteiger partial charge in [-0.15, -0.1) is 0 Å². The number of aryl methyl sites for hydroxylation is 1. The smallest absolute Gasteiger partial charge is 0.319 e. The molecule has 2 N–H and O–H groups in total. The number of nitrogens with zero attached hydrogens (tertiary/aromatic N) is 3. The van der Waals surface area contributed by atoms with Gasteiger partial charge in [0.15, 0.2) is 0 Å². The molecule has 0 spiro atoms. The Morgan fingerprint density at radius 1 is 1.12 bits per heavy atom. The van der Waals surface area contributed by atoms with Gasteiger partial charge in [0, 0.05) is 25.0 Å². The van der Waals surface area contributed by atoms with Crippen LogP contribution in [0.15, 0.2) is 36.5 Å². The Bertz CT molecular complexity index is 680. The number of piperidine rings is 1. The van der Waals surface area contributed by atoms with Gasteiger partial charge in [-0.3, -0.25) is 0 Å². The van der Waals surface area contributed by atoms with Gasteiger partial charge in [-0.05, 0) is 44.4 Å². The minimum atomic E-state index is -0.239. The van der Waals surface area contributed by atoms with E-state index in [0.29, 0.717) is 6.54 Å². The van der Waals surface area contributed by atoms with Crippen molar-refractivity contribution in [2.45, 2.75) is 32.7 Å². The van der Waals surface area contributed by atoms with Crippen LogP contribution in [-0.2, 0) is 6.54 Å². The summed E-state index contributed by atoms with van der Waals surface area (Å²) in [4.78, 5) is 23.1. The van der Waals surface area contributed by atoms with Crippen LogP contribution in [0.1, 0.15) is 30.5 Å². The summed E-state index contributed by atoms with van der Waals surface area (Å²) in [5, 5.41) is 5.65. The molecule has 3 rings (SSSR count). The molecule has 6 heteroatoms. The minimum absolute atomic E-state index is 0.239. The topological polar surface area (TPSA) is 70.2 Å². The third kappa shape index (κ3) is 4.44. The van der Waals surface area contributed by atoms with Crippen LogP contribution in [0.2, 0.25) is 0 Å². The van der Waals surface area contributed by atoms with Gasteiger partial charge < -0.3 is 15.5 Å². The van der Waals surface area contributed by atoms with Crippen LogP contribution in [0.4, 0.5) is 16.4 Å². The Hall–Kier alpha value is -2.63. The third-order valence-electron chi connectivity index (χ3n) is 4.08. The van der Waals surface area contributed by atoms with E-state index in [0.717, 1.165) is 36.0 Å². The summed E-state index contributed by atoms with van der Waals surface area (Å²) in [5.41, 5.74) is 2.74. The van der Waals surface area contributed by atoms with Crippen molar-refractivity contribution in [1.82, 2.24) is 15.3 Å². The van der Waals surface area contributed by atoms with Gasteiger partial charge in [0.05, 0.1) is 12.2 Å². The SMILES string of the molecule is Cc1ccc(NC(=O)NCc2ccnc(N3CCCCC3)n2)cc1. The quantitative estimate of drug-likeness (QED) is 0.906. The lowest BCUT2D eigenvalue weighted by molar-refractivity contribution is 0.251. The van der Waals surface area contributed by atoms with Gasteiger partial charge in [-0.1, -0.05) is 17.7 Å². The second-order valence-electron chi connectivity index (χ2n) is 6.07. The summed E-state index contributed by atoms with van der Waals surface area (Å²) in [6, 6.07) is 9.29. The fourth-order valence-corrected chi connectivity index (χ4v) is 2.71. The van der Waals surface area contributed by atoms with Crippen molar-refractivity contribution in [3.63, 3.8) is 0 Å². The number of carbonyl (C=O) groups excluding carboxylic acids is 1. The monoisotopic (exact) mass is 325 g/mol. The van der Waals surface area contributed by atoms with Gasteiger partial charge in [0.25, 0.3) is 0 Å². The van der Waals surface area contributed by atoms with Crippen molar-refractivity contribution in [2.75, 3.05) is 23.3 Å². The lowest BCUT2D eigenvalue weighted by Crippen LogP contribution is -2.32. The summed E-state index contributed by atoms with van der Waals surface area (Å²) < 4.78 is 0. The number of hydrogen-bond acceptors (Lipinski definition) is 4. The summed E-state index contributed by atoms with van der Waals surface area (Å²) in [7, 11) is 0. The Balaban J connectivity index is 1.54. The summed E-state index contributed by atoms with van der Waals surface area (Å²) in [6.07, 6.45) is 5.40. The summed E-state index contributed by atoms with van der Waals surface area (Å²) in [6.45, 7) is 4.40. The van der Waals surface area contributed by atoms with Crippen molar-refractivity contribution in [3.8, 4) is 0 Å². The molecule has 0 aliphatic carbocycles. The van der Waals surface area contributed by atoms with Gasteiger partial charge in [-0.25, -0.2) is 14.8 Å². The lowest BCUT2D eigenvalue weighted by Gasteiger charge is -2.26. The van der Waals surface area contributed by atoms with Crippen LogP contribution in [0.3, 0.4) is 0 Å². The zero-order chi connectivity index (χ0) is 16.8. The van der Waals surface area contributed by atoms with Gasteiger partial charge >= 0.3 is 6.03 Å². The number of aromatic nitrogens is 2. The lowest BCUT2D eigenvalue weighted by atomic mass is 10.1. The van der Waals surface area contributed by atoms with E-state index in [4.69, 9.17) is 0 Å². The highest BCUT2D eigenvalue weighted by Gasteiger charge is 2.13. The van der Waals surface area contributed by atoms with Crippen LogP contribution in [0.25, 0.3) is 0 Å². The fourth-order valence-electron chi connectivity index (χ4n) is 2.71. The van der Waals surface area contributed by atoms with E-state index in [1.165, 1.54) is 19.3 Å². The molecule has 0 bridgehead atoms. The number of anilines is 2. The molecule has 1 aromatic carbocycles. The molecule has 24 heavy (non-hydrogen) atoms. The third-order valence-corrected chi connectivity index (χ3v) is 4.08. The number of urea groups is 1. The van der Waals surface area contributed by atoms with Crippen molar-refractivity contribution in [3.05, 3.63) is 47.8 Å². The van der Waals surface area contributed by atoms with Crippen molar-refractivity contribution >= 4 is 17.7 Å². The van der Waals surface area contributed by atoms with E-state index >= 15 is 0 Å². The maximum Gasteiger partial charge on any atom is 0.319 e. The fraction of sp³-hybridized carbons (Fsp3) is 0.389. The van der Waals surface area contributed by atoms with Crippen LogP contribution < -0.4 is 15.5 Å². The van der Waals surface area contributed by atoms with Crippen LogP contribution >= 0.6 is 0 Å². The van der Waals surface area contributed by atoms with Crippen LogP contribution in [0.5, 0.6) is 0 Å². The van der Waals surface area contributed by atoms with E-state index in [2.05, 4.69) is 25.5 Å². The zero-order valence-electron chi connectivity index (χ0n) is 14.0. The highest BCUT2D eigenvalue weighted by atomic mass is 16.2. The molecule has 2 amide bonds. The minimum Gasteiger partial charge on any atom is -0.341 e. The average Bonchev–Trinajstić information content (AvgIpc) is 2.63. The van der Waals surface area contributed by atoms with Gasteiger partial charge in [-0.2, -0.15) is 0 Å². The first kappa shape index (κ1) is 16.2. The molecule has 1 aromatic heterocycles. The molecule has 126 valence electrons. The molecule has 1 aliphatic rings. The number of rotatable bonds is 4. The molecular weight excluding hydrogens is 302 g/mol. The summed E-state index contributed by atoms with van der Waals surface area (Å²) in [5.74, 6) is 0.757. The maximum absolute atomic E-state index is 12.0. The van der Waals surface area contributed by atoms with E-state index in [-0.39, 0.29) is 6.03 Å². The number of nitrogens with one attached hydrogen (secondary N) is 2. The van der Waals surface area contributed by atoms with Crippen molar-refractivity contribution in [1.29, 1.82) is 0 Å². The highest BCUT2D eigenvalue weighted by molar-refractivity contribution is 5.89. The first-order valence-corrected chi connectivity index (χ1v) is 8.39. The Kier molecular flexibility index (Phi) is 5.25. The predicted octanol–water partition coefficient (Wildman–Crippen LogP) is 3.10. The molecule has 0 saturated carbocycles. The molecule has 0 radical (unpaired) electrons. The normalized spacial score (nSPS) is 14.3. The number of hydrogen-bond donors (Lipinski definition) is 2. The number of benzene rings is 1. The molecule has 0 atom stereocenters. The highest BCUT2D eigenvalue weighted by Crippen LogP contribution is 2.15. The summed E-state index contributed by atoms with van der Waals surface area (Å²) >= 11 is 0. The predicted molar refractivity (Wildman–Crippen MR) is 95.1 cm³/mol. The Labute approximate surface area is 142 Å². The molecule has 1 fully saturated rings. The average molecular weight is 325 g/mol. The van der Waals surface area contributed by atoms with Crippen molar-refractivity contribution in [2.24, 2.45) is 0 Å². The molecule has 1 saturated heterocycles. The first-order chi connectivity index (χ1) is 11.7. The largest absolute Gasteiger partial charge is 0.341 e. The molecule has 2 aromatic rings. The maximum atomic E-state index is 12.0.